The molecule has 4 aromatic rings. The first-order valence-electron chi connectivity index (χ1n) is 13.0. The normalized spacial score (nSPS) is 13.9. The lowest BCUT2D eigenvalue weighted by atomic mass is 10.0. The second-order valence-electron chi connectivity index (χ2n) is 9.72. The van der Waals surface area contributed by atoms with Gasteiger partial charge in [0.1, 0.15) is 11.4 Å². The Balaban J connectivity index is 1.23. The first-order chi connectivity index (χ1) is 19.3. The summed E-state index contributed by atoms with van der Waals surface area (Å²) >= 11 is 1.15. The van der Waals surface area contributed by atoms with Gasteiger partial charge in [0.2, 0.25) is 0 Å². The number of fused-ring (bicyclic) bond motifs is 1. The molecule has 6 N–H and O–H groups in total. The third kappa shape index (κ3) is 5.98. The summed E-state index contributed by atoms with van der Waals surface area (Å²) in [4.78, 5) is 49.3. The largest absolute Gasteiger partial charge is 0.477 e. The highest BCUT2D eigenvalue weighted by Gasteiger charge is 2.20. The van der Waals surface area contributed by atoms with E-state index in [9.17, 15) is 19.5 Å². The van der Waals surface area contributed by atoms with Crippen molar-refractivity contribution in [3.63, 3.8) is 0 Å². The Hall–Kier alpha value is -4.26. The molecule has 208 valence electrons. The lowest BCUT2D eigenvalue weighted by Gasteiger charge is -2.34. The summed E-state index contributed by atoms with van der Waals surface area (Å²) in [5.41, 5.74) is 9.29. The molecule has 0 aliphatic carbocycles. The zero-order valence-electron chi connectivity index (χ0n) is 22.1. The number of likely N-dealkylation sites (N-methyl/N-ethyl adjacent to an activating group) is 1. The number of piperazine rings is 1. The van der Waals surface area contributed by atoms with Crippen molar-refractivity contribution in [2.24, 2.45) is 5.73 Å². The van der Waals surface area contributed by atoms with Crippen molar-refractivity contribution in [2.45, 2.75) is 12.8 Å². The summed E-state index contributed by atoms with van der Waals surface area (Å²) < 4.78 is 0. The Morgan fingerprint density at radius 2 is 1.80 bits per heavy atom. The number of aromatic carboxylic acids is 1. The van der Waals surface area contributed by atoms with E-state index in [0.29, 0.717) is 47.1 Å². The molecule has 0 saturated carbocycles. The van der Waals surface area contributed by atoms with Crippen molar-refractivity contribution in [2.75, 3.05) is 55.3 Å². The number of H-pyrrole nitrogens is 1. The van der Waals surface area contributed by atoms with Crippen molar-refractivity contribution >= 4 is 56.5 Å². The molecule has 0 bridgehead atoms. The number of amides is 2. The van der Waals surface area contributed by atoms with Crippen LogP contribution in [0.15, 0.2) is 47.8 Å². The highest BCUT2D eigenvalue weighted by atomic mass is 32.1. The van der Waals surface area contributed by atoms with Crippen LogP contribution in [0.4, 0.5) is 16.5 Å². The van der Waals surface area contributed by atoms with Gasteiger partial charge in [-0.05, 0) is 74.5 Å². The zero-order valence-corrected chi connectivity index (χ0v) is 22.9. The van der Waals surface area contributed by atoms with Crippen LogP contribution >= 0.6 is 11.3 Å². The van der Waals surface area contributed by atoms with Crippen LogP contribution in [0.5, 0.6) is 0 Å². The maximum absolute atomic E-state index is 13.0. The fourth-order valence-electron chi connectivity index (χ4n) is 4.73. The maximum atomic E-state index is 13.0. The van der Waals surface area contributed by atoms with Crippen molar-refractivity contribution in [3.05, 3.63) is 70.4 Å². The van der Waals surface area contributed by atoms with Gasteiger partial charge in [-0.2, -0.15) is 0 Å². The molecule has 11 nitrogen and oxygen atoms in total. The van der Waals surface area contributed by atoms with Gasteiger partial charge >= 0.3 is 5.97 Å². The number of rotatable bonds is 9. The van der Waals surface area contributed by atoms with Crippen molar-refractivity contribution < 1.29 is 19.5 Å². The molecule has 1 saturated heterocycles. The Labute approximate surface area is 235 Å². The molecule has 0 spiro atoms. The van der Waals surface area contributed by atoms with Crippen LogP contribution in [0.1, 0.15) is 43.3 Å². The van der Waals surface area contributed by atoms with Gasteiger partial charge in [0.05, 0.1) is 0 Å². The predicted octanol–water partition coefficient (Wildman–Crippen LogP) is 3.47. The quantitative estimate of drug-likeness (QED) is 0.208. The number of carbonyl (C=O) groups is 3. The van der Waals surface area contributed by atoms with E-state index in [-0.39, 0.29) is 22.4 Å². The summed E-state index contributed by atoms with van der Waals surface area (Å²) in [5, 5.41) is 17.7. The third-order valence-corrected chi connectivity index (χ3v) is 7.72. The van der Waals surface area contributed by atoms with E-state index in [4.69, 9.17) is 5.73 Å². The monoisotopic (exact) mass is 561 g/mol. The van der Waals surface area contributed by atoms with E-state index >= 15 is 0 Å². The maximum Gasteiger partial charge on any atom is 0.352 e. The first kappa shape index (κ1) is 27.3. The average Bonchev–Trinajstić information content (AvgIpc) is 3.57. The van der Waals surface area contributed by atoms with Crippen LogP contribution < -0.4 is 21.3 Å². The highest BCUT2D eigenvalue weighted by Crippen LogP contribution is 2.26. The number of anilines is 3. The molecular formula is C28H31N7O4S. The number of nitrogens with zero attached hydrogens (tertiary/aromatic N) is 3. The summed E-state index contributed by atoms with van der Waals surface area (Å²) in [7, 11) is 2.12. The van der Waals surface area contributed by atoms with Crippen molar-refractivity contribution in [1.82, 2.24) is 14.9 Å². The number of nitrogens with two attached hydrogens (primary N) is 1. The Kier molecular flexibility index (Phi) is 8.10. The fourth-order valence-corrected chi connectivity index (χ4v) is 5.42. The molecule has 0 atom stereocenters. The van der Waals surface area contributed by atoms with E-state index in [0.717, 1.165) is 43.2 Å². The first-order valence-corrected chi connectivity index (χ1v) is 13.9. The number of carbonyl (C=O) groups excluding carboxylic acids is 2. The molecule has 0 radical (unpaired) electrons. The van der Waals surface area contributed by atoms with E-state index in [1.807, 2.05) is 24.3 Å². The molecule has 2 amide bonds. The second kappa shape index (κ2) is 11.9. The molecule has 1 fully saturated rings. The molecule has 5 rings (SSSR count). The smallest absolute Gasteiger partial charge is 0.352 e. The average molecular weight is 562 g/mol. The van der Waals surface area contributed by atoms with Gasteiger partial charge in [-0.25, -0.2) is 9.78 Å². The predicted molar refractivity (Wildman–Crippen MR) is 157 cm³/mol. The van der Waals surface area contributed by atoms with Crippen LogP contribution in [0.3, 0.4) is 0 Å². The summed E-state index contributed by atoms with van der Waals surface area (Å²) in [6.07, 6.45) is 1.10. The van der Waals surface area contributed by atoms with E-state index < -0.39 is 11.9 Å². The van der Waals surface area contributed by atoms with Crippen LogP contribution in [0.25, 0.3) is 10.9 Å². The van der Waals surface area contributed by atoms with E-state index in [1.54, 1.807) is 23.6 Å². The minimum atomic E-state index is -1.06. The van der Waals surface area contributed by atoms with Crippen molar-refractivity contribution in [3.8, 4) is 0 Å². The molecule has 1 aliphatic rings. The zero-order chi connectivity index (χ0) is 28.2. The minimum absolute atomic E-state index is 0.102. The van der Waals surface area contributed by atoms with Crippen molar-refractivity contribution in [1.29, 1.82) is 0 Å². The molecular weight excluding hydrogens is 530 g/mol. The lowest BCUT2D eigenvalue weighted by molar-refractivity contribution is 0.0690. The van der Waals surface area contributed by atoms with Gasteiger partial charge < -0.3 is 30.9 Å². The van der Waals surface area contributed by atoms with Gasteiger partial charge in [-0.3, -0.25) is 14.9 Å². The number of aromatic amines is 1. The fraction of sp³-hybridized carbons (Fsp3) is 0.286. The molecule has 0 unspecified atom stereocenters. The van der Waals surface area contributed by atoms with Gasteiger partial charge in [0, 0.05) is 59.4 Å². The van der Waals surface area contributed by atoms with Gasteiger partial charge in [-0.15, -0.1) is 11.3 Å². The number of nitrogens with one attached hydrogen (secondary N) is 3. The summed E-state index contributed by atoms with van der Waals surface area (Å²) in [6.45, 7) is 4.39. The third-order valence-electron chi connectivity index (χ3n) is 6.96. The number of thiazole rings is 1. The molecule has 3 heterocycles. The second-order valence-corrected chi connectivity index (χ2v) is 10.6. The van der Waals surface area contributed by atoms with Gasteiger partial charge in [0.25, 0.3) is 11.8 Å². The number of carboxylic acids is 1. The van der Waals surface area contributed by atoms with Gasteiger partial charge in [0.15, 0.2) is 5.13 Å². The number of hydrogen-bond donors (Lipinski definition) is 5. The number of aryl methyl sites for hydroxylation is 1. The van der Waals surface area contributed by atoms with Crippen LogP contribution in [-0.4, -0.2) is 77.5 Å². The molecule has 2 aromatic carbocycles. The lowest BCUT2D eigenvalue weighted by Crippen LogP contribution is -2.44. The Morgan fingerprint density at radius 3 is 2.50 bits per heavy atom. The van der Waals surface area contributed by atoms with Crippen LogP contribution in [-0.2, 0) is 6.42 Å². The Morgan fingerprint density at radius 1 is 1.05 bits per heavy atom. The number of benzene rings is 2. The van der Waals surface area contributed by atoms with Gasteiger partial charge in [-0.1, -0.05) is 0 Å². The minimum Gasteiger partial charge on any atom is -0.477 e. The van der Waals surface area contributed by atoms with E-state index in [1.165, 1.54) is 0 Å². The number of hydrogen-bond acceptors (Lipinski definition) is 8. The number of carboxylic acid groups (broad SMARTS) is 1. The summed E-state index contributed by atoms with van der Waals surface area (Å²) in [5.74, 6) is -1.84. The summed E-state index contributed by atoms with van der Waals surface area (Å²) in [6, 6.07) is 12.7. The topological polar surface area (TPSA) is 157 Å². The Bertz CT molecular complexity index is 1540. The standard InChI is InChI=1S/C28H31N7O4S/c1-34-11-13-35(14-12-34)19-7-5-18(6-8-19)30-26(37)23-16-40-28(32-23)33-25(36)17-4-9-22-21(15-17)20(3-2-10-29)24(31-22)27(38)39/h4-9,15-16,31H,2-3,10-14,29H2,1H3,(H,30,37)(H,38,39)(H,32,33,36). The van der Waals surface area contributed by atoms with E-state index in [2.05, 4.69) is 37.4 Å². The van der Waals surface area contributed by atoms with Crippen LogP contribution in [0.2, 0.25) is 0 Å². The molecule has 40 heavy (non-hydrogen) atoms. The SMILES string of the molecule is CN1CCN(c2ccc(NC(=O)c3csc(NC(=O)c4ccc5[nH]c(C(=O)O)c(CCCN)c5c4)n3)cc2)CC1. The number of aromatic nitrogens is 2. The molecule has 1 aliphatic heterocycles. The molecule has 12 heteroatoms. The highest BCUT2D eigenvalue weighted by molar-refractivity contribution is 7.14. The van der Waals surface area contributed by atoms with Crippen LogP contribution in [0, 0.1) is 0 Å². The molecule has 2 aromatic heterocycles.